The number of carbonyl (C=O) groups excluding carboxylic acids is 2. The molecule has 0 bridgehead atoms. The molecule has 1 aliphatic heterocycles. The minimum absolute atomic E-state index is 0.00388. The Morgan fingerprint density at radius 1 is 1.38 bits per heavy atom. The molecule has 2 aliphatic rings. The topological polar surface area (TPSA) is 49.4 Å². The molecular weight excluding hydrogens is 403 g/mol. The Bertz CT molecular complexity index is 603. The van der Waals surface area contributed by atoms with Gasteiger partial charge in [-0.15, -0.1) is 0 Å². The van der Waals surface area contributed by atoms with Crippen LogP contribution in [0, 0.1) is 9.49 Å². The Morgan fingerprint density at radius 2 is 2.10 bits per heavy atom. The summed E-state index contributed by atoms with van der Waals surface area (Å²) >= 11 is 8.15. The maximum Gasteiger partial charge on any atom is 0.250 e. The summed E-state index contributed by atoms with van der Waals surface area (Å²) in [5.74, 6) is 0.246. The molecule has 0 radical (unpaired) electrons. The first-order chi connectivity index (χ1) is 10.0. The summed E-state index contributed by atoms with van der Waals surface area (Å²) in [6.45, 7) is 1.92. The summed E-state index contributed by atoms with van der Waals surface area (Å²) in [4.78, 5) is 26.8. The highest BCUT2D eigenvalue weighted by molar-refractivity contribution is 14.1. The smallest absolute Gasteiger partial charge is 0.250 e. The highest BCUT2D eigenvalue weighted by Gasteiger charge is 2.47. The fourth-order valence-electron chi connectivity index (χ4n) is 2.81. The first kappa shape index (κ1) is 15.1. The van der Waals surface area contributed by atoms with Crippen molar-refractivity contribution in [1.82, 2.24) is 5.32 Å². The molecular formula is C15H16ClIN2O2. The van der Waals surface area contributed by atoms with Crippen LogP contribution >= 0.6 is 34.2 Å². The van der Waals surface area contributed by atoms with E-state index < -0.39 is 6.04 Å². The van der Waals surface area contributed by atoms with Gasteiger partial charge in [-0.1, -0.05) is 18.5 Å². The van der Waals surface area contributed by atoms with Crippen LogP contribution in [0.25, 0.3) is 0 Å². The van der Waals surface area contributed by atoms with E-state index in [1.807, 2.05) is 19.1 Å². The SMILES string of the molecule is CCC1C(=O)NC(C2CC2)C(=O)N1c1ccc(Cl)cc1I. The number of carbonyl (C=O) groups is 2. The van der Waals surface area contributed by atoms with Crippen molar-refractivity contribution in [1.29, 1.82) is 0 Å². The van der Waals surface area contributed by atoms with Crippen molar-refractivity contribution in [2.75, 3.05) is 4.90 Å². The maximum absolute atomic E-state index is 12.8. The zero-order valence-electron chi connectivity index (χ0n) is 11.6. The van der Waals surface area contributed by atoms with Crippen molar-refractivity contribution in [2.45, 2.75) is 38.3 Å². The Labute approximate surface area is 142 Å². The van der Waals surface area contributed by atoms with Crippen LogP contribution in [0.1, 0.15) is 26.2 Å². The molecule has 1 aromatic rings. The van der Waals surface area contributed by atoms with Gasteiger partial charge in [0, 0.05) is 8.59 Å². The van der Waals surface area contributed by atoms with E-state index in [1.54, 1.807) is 11.0 Å². The summed E-state index contributed by atoms with van der Waals surface area (Å²) in [6.07, 6.45) is 2.62. The molecule has 2 atom stereocenters. The van der Waals surface area contributed by atoms with Gasteiger partial charge in [0.15, 0.2) is 0 Å². The second-order valence-electron chi connectivity index (χ2n) is 5.55. The predicted molar refractivity (Wildman–Crippen MR) is 90.4 cm³/mol. The van der Waals surface area contributed by atoms with Gasteiger partial charge in [-0.05, 0) is 66.0 Å². The highest BCUT2D eigenvalue weighted by Crippen LogP contribution is 2.37. The molecule has 1 heterocycles. The molecule has 2 amide bonds. The molecule has 1 saturated heterocycles. The maximum atomic E-state index is 12.8. The van der Waals surface area contributed by atoms with Gasteiger partial charge in [0.2, 0.25) is 5.91 Å². The number of rotatable bonds is 3. The lowest BCUT2D eigenvalue weighted by Crippen LogP contribution is -2.64. The number of amides is 2. The number of benzene rings is 1. The van der Waals surface area contributed by atoms with Gasteiger partial charge < -0.3 is 5.32 Å². The summed E-state index contributed by atoms with van der Waals surface area (Å²) in [5, 5.41) is 3.53. The number of nitrogens with one attached hydrogen (secondary N) is 1. The zero-order chi connectivity index (χ0) is 15.1. The third kappa shape index (κ3) is 2.77. The van der Waals surface area contributed by atoms with E-state index in [0.29, 0.717) is 17.4 Å². The lowest BCUT2D eigenvalue weighted by atomic mass is 10.0. The van der Waals surface area contributed by atoms with Crippen LogP contribution in [-0.4, -0.2) is 23.9 Å². The quantitative estimate of drug-likeness (QED) is 0.767. The van der Waals surface area contributed by atoms with Crippen molar-refractivity contribution in [3.8, 4) is 0 Å². The molecule has 21 heavy (non-hydrogen) atoms. The van der Waals surface area contributed by atoms with Gasteiger partial charge in [0.1, 0.15) is 12.1 Å². The largest absolute Gasteiger partial charge is 0.342 e. The van der Waals surface area contributed by atoms with E-state index >= 15 is 0 Å². The van der Waals surface area contributed by atoms with Gasteiger partial charge in [0.05, 0.1) is 5.69 Å². The Morgan fingerprint density at radius 3 is 2.67 bits per heavy atom. The van der Waals surface area contributed by atoms with Gasteiger partial charge >= 0.3 is 0 Å². The standard InChI is InChI=1S/C15H16ClIN2O2/c1-2-11-14(20)18-13(8-3-4-8)15(21)19(11)12-6-5-9(16)7-10(12)17/h5-8,11,13H,2-4H2,1H3,(H,18,20). The van der Waals surface area contributed by atoms with E-state index in [1.165, 1.54) is 0 Å². The van der Waals surface area contributed by atoms with E-state index in [-0.39, 0.29) is 17.9 Å². The fraction of sp³-hybridized carbons (Fsp3) is 0.467. The summed E-state index contributed by atoms with van der Waals surface area (Å²) in [5.41, 5.74) is 0.775. The van der Waals surface area contributed by atoms with Gasteiger partial charge in [-0.3, -0.25) is 14.5 Å². The molecule has 0 aromatic heterocycles. The van der Waals surface area contributed by atoms with Crippen molar-refractivity contribution >= 4 is 51.7 Å². The number of halogens is 2. The van der Waals surface area contributed by atoms with E-state index in [4.69, 9.17) is 11.6 Å². The second-order valence-corrected chi connectivity index (χ2v) is 7.15. The molecule has 3 rings (SSSR count). The van der Waals surface area contributed by atoms with Crippen LogP contribution in [0.15, 0.2) is 18.2 Å². The molecule has 1 saturated carbocycles. The second kappa shape index (κ2) is 5.76. The summed E-state index contributed by atoms with van der Waals surface area (Å²) < 4.78 is 0.885. The average molecular weight is 419 g/mol. The third-order valence-electron chi connectivity index (χ3n) is 4.06. The van der Waals surface area contributed by atoms with E-state index in [9.17, 15) is 9.59 Å². The van der Waals surface area contributed by atoms with Crippen LogP contribution in [0.5, 0.6) is 0 Å². The van der Waals surface area contributed by atoms with Gasteiger partial charge in [-0.2, -0.15) is 0 Å². The third-order valence-corrected chi connectivity index (χ3v) is 5.16. The van der Waals surface area contributed by atoms with Crippen molar-refractivity contribution in [2.24, 2.45) is 5.92 Å². The molecule has 6 heteroatoms. The Balaban J connectivity index is 2.01. The first-order valence-corrected chi connectivity index (χ1v) is 8.57. The van der Waals surface area contributed by atoms with Gasteiger partial charge in [0.25, 0.3) is 5.91 Å². The minimum atomic E-state index is -0.442. The zero-order valence-corrected chi connectivity index (χ0v) is 14.5. The van der Waals surface area contributed by atoms with Crippen molar-refractivity contribution < 1.29 is 9.59 Å². The number of hydrogen-bond acceptors (Lipinski definition) is 2. The molecule has 1 aromatic carbocycles. The molecule has 4 nitrogen and oxygen atoms in total. The average Bonchev–Trinajstić information content (AvgIpc) is 3.26. The minimum Gasteiger partial charge on any atom is -0.342 e. The molecule has 1 N–H and O–H groups in total. The van der Waals surface area contributed by atoms with Crippen LogP contribution in [0.3, 0.4) is 0 Å². The van der Waals surface area contributed by atoms with Crippen molar-refractivity contribution in [3.63, 3.8) is 0 Å². The first-order valence-electron chi connectivity index (χ1n) is 7.11. The summed E-state index contributed by atoms with van der Waals surface area (Å²) in [6, 6.07) is 4.59. The number of piperazine rings is 1. The highest BCUT2D eigenvalue weighted by atomic mass is 127. The summed E-state index contributed by atoms with van der Waals surface area (Å²) in [7, 11) is 0. The molecule has 2 unspecified atom stereocenters. The molecule has 2 fully saturated rings. The fourth-order valence-corrected chi connectivity index (χ4v) is 3.94. The van der Waals surface area contributed by atoms with Crippen LogP contribution < -0.4 is 10.2 Å². The van der Waals surface area contributed by atoms with Crippen molar-refractivity contribution in [3.05, 3.63) is 26.8 Å². The van der Waals surface area contributed by atoms with Gasteiger partial charge in [-0.25, -0.2) is 0 Å². The number of anilines is 1. The predicted octanol–water partition coefficient (Wildman–Crippen LogP) is 2.96. The van der Waals surface area contributed by atoms with Crippen LogP contribution in [0.4, 0.5) is 5.69 Å². The number of hydrogen-bond donors (Lipinski definition) is 1. The van der Waals surface area contributed by atoms with E-state index in [2.05, 4.69) is 27.9 Å². The number of nitrogens with zero attached hydrogens (tertiary/aromatic N) is 1. The lowest BCUT2D eigenvalue weighted by molar-refractivity contribution is -0.134. The van der Waals surface area contributed by atoms with Crippen LogP contribution in [0.2, 0.25) is 5.02 Å². The monoisotopic (exact) mass is 418 g/mol. The lowest BCUT2D eigenvalue weighted by Gasteiger charge is -2.39. The molecule has 1 aliphatic carbocycles. The Hall–Kier alpha value is -0.820. The Kier molecular flexibility index (Phi) is 4.14. The molecule has 112 valence electrons. The molecule has 0 spiro atoms. The van der Waals surface area contributed by atoms with Crippen LogP contribution in [-0.2, 0) is 9.59 Å². The normalized spacial score (nSPS) is 26.0. The van der Waals surface area contributed by atoms with E-state index in [0.717, 1.165) is 22.1 Å².